The molecule has 0 radical (unpaired) electrons. The first-order valence-corrected chi connectivity index (χ1v) is 9.54. The van der Waals surface area contributed by atoms with Gasteiger partial charge >= 0.3 is 0 Å². The Labute approximate surface area is 161 Å². The van der Waals surface area contributed by atoms with Gasteiger partial charge in [0.2, 0.25) is 0 Å². The van der Waals surface area contributed by atoms with Gasteiger partial charge in [-0.15, -0.1) is 0 Å². The minimum absolute atomic E-state index is 0.0554. The number of ether oxygens (including phenoxy) is 2. The van der Waals surface area contributed by atoms with E-state index < -0.39 is 0 Å². The molecule has 136 valence electrons. The number of nitrogens with one attached hydrogen (secondary N) is 1. The summed E-state index contributed by atoms with van der Waals surface area (Å²) in [5.74, 6) is 0. The Morgan fingerprint density at radius 2 is 1.92 bits per heavy atom. The lowest BCUT2D eigenvalue weighted by molar-refractivity contribution is -0.155. The Morgan fingerprint density at radius 3 is 2.73 bits per heavy atom. The van der Waals surface area contributed by atoms with Crippen molar-refractivity contribution >= 4 is 29.0 Å². The van der Waals surface area contributed by atoms with Crippen LogP contribution in [-0.2, 0) is 15.9 Å². The van der Waals surface area contributed by atoms with Gasteiger partial charge in [0.25, 0.3) is 0 Å². The van der Waals surface area contributed by atoms with Crippen LogP contribution in [0.3, 0.4) is 0 Å². The van der Waals surface area contributed by atoms with Crippen molar-refractivity contribution < 1.29 is 9.47 Å². The van der Waals surface area contributed by atoms with E-state index in [1.165, 1.54) is 12.0 Å². The van der Waals surface area contributed by atoms with Crippen LogP contribution >= 0.6 is 12.2 Å². The van der Waals surface area contributed by atoms with Crippen molar-refractivity contribution in [2.24, 2.45) is 0 Å². The summed E-state index contributed by atoms with van der Waals surface area (Å²) in [6, 6.07) is 18.4. The van der Waals surface area contributed by atoms with Crippen LogP contribution < -0.4 is 5.32 Å². The van der Waals surface area contributed by atoms with Crippen molar-refractivity contribution in [3.63, 3.8) is 0 Å². The molecule has 2 aromatic rings. The molecule has 1 aliphatic heterocycles. The van der Waals surface area contributed by atoms with Crippen molar-refractivity contribution in [3.05, 3.63) is 71.8 Å². The van der Waals surface area contributed by atoms with Crippen molar-refractivity contribution in [2.75, 3.05) is 18.5 Å². The molecule has 0 aromatic heterocycles. The fraction of sp³-hybridized carbons (Fsp3) is 0.318. The molecular weight excluding hydrogens is 342 g/mol. The van der Waals surface area contributed by atoms with Gasteiger partial charge in [0.1, 0.15) is 0 Å². The number of benzene rings is 2. The molecule has 4 heteroatoms. The summed E-state index contributed by atoms with van der Waals surface area (Å²) in [5, 5.41) is 3.36. The molecule has 0 amide bonds. The van der Waals surface area contributed by atoms with Crippen molar-refractivity contribution in [3.8, 4) is 0 Å². The van der Waals surface area contributed by atoms with E-state index in [4.69, 9.17) is 21.7 Å². The van der Waals surface area contributed by atoms with Gasteiger partial charge < -0.3 is 14.8 Å². The molecule has 0 aliphatic carbocycles. The highest BCUT2D eigenvalue weighted by Gasteiger charge is 2.12. The Kier molecular flexibility index (Phi) is 7.37. The van der Waals surface area contributed by atoms with Gasteiger partial charge in [0, 0.05) is 18.7 Å². The molecule has 0 spiro atoms. The molecular formula is C22H25NO2S. The van der Waals surface area contributed by atoms with E-state index in [2.05, 4.69) is 29.6 Å². The number of anilines is 1. The number of thiocarbonyl (C=S) groups is 1. The summed E-state index contributed by atoms with van der Waals surface area (Å²) < 4.78 is 11.3. The van der Waals surface area contributed by atoms with Gasteiger partial charge in [-0.1, -0.05) is 72.9 Å². The van der Waals surface area contributed by atoms with Crippen molar-refractivity contribution in [1.29, 1.82) is 0 Å². The first-order chi connectivity index (χ1) is 12.8. The highest BCUT2D eigenvalue weighted by atomic mass is 32.1. The van der Waals surface area contributed by atoms with E-state index in [0.29, 0.717) is 6.61 Å². The summed E-state index contributed by atoms with van der Waals surface area (Å²) in [6.45, 7) is 1.35. The predicted octanol–water partition coefficient (Wildman–Crippen LogP) is 5.23. The SMILES string of the molecule is S=C(Cc1ccccc1)Nc1ccccc1/C=C/COC1CCCCO1. The smallest absolute Gasteiger partial charge is 0.157 e. The van der Waals surface area contributed by atoms with Crippen LogP contribution in [-0.4, -0.2) is 24.5 Å². The van der Waals surface area contributed by atoms with Gasteiger partial charge in [-0.2, -0.15) is 0 Å². The normalized spacial score (nSPS) is 17.3. The van der Waals surface area contributed by atoms with Gasteiger partial charge in [-0.3, -0.25) is 0 Å². The second-order valence-corrected chi connectivity index (χ2v) is 6.82. The second kappa shape index (κ2) is 10.2. The maximum absolute atomic E-state index is 5.75. The van der Waals surface area contributed by atoms with Gasteiger partial charge in [0.05, 0.1) is 11.6 Å². The number of hydrogen-bond donors (Lipinski definition) is 1. The maximum atomic E-state index is 5.75. The van der Waals surface area contributed by atoms with Crippen LogP contribution in [0.1, 0.15) is 30.4 Å². The predicted molar refractivity (Wildman–Crippen MR) is 111 cm³/mol. The average Bonchev–Trinajstić information content (AvgIpc) is 2.68. The third-order valence-corrected chi connectivity index (χ3v) is 4.50. The molecule has 1 atom stereocenters. The topological polar surface area (TPSA) is 30.5 Å². The Hall–Kier alpha value is -2.01. The minimum Gasteiger partial charge on any atom is -0.353 e. The van der Waals surface area contributed by atoms with E-state index in [1.54, 1.807) is 0 Å². The van der Waals surface area contributed by atoms with Gasteiger partial charge in [-0.25, -0.2) is 0 Å². The summed E-state index contributed by atoms with van der Waals surface area (Å²) in [7, 11) is 0. The lowest BCUT2D eigenvalue weighted by atomic mass is 10.1. The molecule has 1 unspecified atom stereocenters. The fourth-order valence-electron chi connectivity index (χ4n) is 2.91. The first-order valence-electron chi connectivity index (χ1n) is 9.14. The molecule has 26 heavy (non-hydrogen) atoms. The molecule has 1 saturated heterocycles. The van der Waals surface area contributed by atoms with Crippen LogP contribution in [0.5, 0.6) is 0 Å². The zero-order valence-electron chi connectivity index (χ0n) is 14.9. The molecule has 0 bridgehead atoms. The monoisotopic (exact) mass is 367 g/mol. The van der Waals surface area contributed by atoms with Crippen LogP contribution in [0.4, 0.5) is 5.69 Å². The summed E-state index contributed by atoms with van der Waals surface area (Å²) in [4.78, 5) is 0.809. The molecule has 1 fully saturated rings. The van der Waals surface area contributed by atoms with E-state index in [9.17, 15) is 0 Å². The average molecular weight is 368 g/mol. The highest BCUT2D eigenvalue weighted by Crippen LogP contribution is 2.18. The quantitative estimate of drug-likeness (QED) is 0.679. The molecule has 3 nitrogen and oxygen atoms in total. The van der Waals surface area contributed by atoms with Crippen LogP contribution in [0.25, 0.3) is 6.08 Å². The van der Waals surface area contributed by atoms with Crippen LogP contribution in [0.15, 0.2) is 60.7 Å². The van der Waals surface area contributed by atoms with Crippen LogP contribution in [0, 0.1) is 0 Å². The lowest BCUT2D eigenvalue weighted by Gasteiger charge is -2.21. The maximum Gasteiger partial charge on any atom is 0.157 e. The summed E-state index contributed by atoms with van der Waals surface area (Å²) in [5.41, 5.74) is 3.31. The van der Waals surface area contributed by atoms with Gasteiger partial charge in [-0.05, 0) is 36.5 Å². The van der Waals surface area contributed by atoms with E-state index in [-0.39, 0.29) is 6.29 Å². The molecule has 2 aromatic carbocycles. The Balaban J connectivity index is 1.53. The standard InChI is InChI=1S/C22H25NO2S/c26-21(17-18-9-2-1-3-10-18)23-20-13-5-4-11-19(20)12-8-16-25-22-14-6-7-15-24-22/h1-5,8-13,22H,6-7,14-17H2,(H,23,26)/b12-8+. The third kappa shape index (κ3) is 6.06. The largest absolute Gasteiger partial charge is 0.353 e. The van der Waals surface area contributed by atoms with E-state index in [0.717, 1.165) is 42.1 Å². The Morgan fingerprint density at radius 1 is 1.12 bits per heavy atom. The number of hydrogen-bond acceptors (Lipinski definition) is 3. The molecule has 3 rings (SSSR count). The first kappa shape index (κ1) is 18.8. The van der Waals surface area contributed by atoms with E-state index in [1.807, 2.05) is 42.5 Å². The number of rotatable bonds is 7. The Bertz CT molecular complexity index is 724. The third-order valence-electron chi connectivity index (χ3n) is 4.26. The zero-order chi connectivity index (χ0) is 18.0. The highest BCUT2D eigenvalue weighted by molar-refractivity contribution is 7.80. The zero-order valence-corrected chi connectivity index (χ0v) is 15.7. The van der Waals surface area contributed by atoms with Crippen molar-refractivity contribution in [2.45, 2.75) is 32.0 Å². The minimum atomic E-state index is -0.0554. The fourth-order valence-corrected chi connectivity index (χ4v) is 3.19. The molecule has 1 N–H and O–H groups in total. The van der Waals surface area contributed by atoms with Crippen molar-refractivity contribution in [1.82, 2.24) is 0 Å². The molecule has 0 saturated carbocycles. The van der Waals surface area contributed by atoms with E-state index >= 15 is 0 Å². The molecule has 1 aliphatic rings. The van der Waals surface area contributed by atoms with Gasteiger partial charge in [0.15, 0.2) is 6.29 Å². The summed E-state index contributed by atoms with van der Waals surface area (Å²) >= 11 is 5.52. The second-order valence-electron chi connectivity index (χ2n) is 6.33. The summed E-state index contributed by atoms with van der Waals surface area (Å²) in [6.07, 6.45) is 8.07. The van der Waals surface area contributed by atoms with Crippen LogP contribution in [0.2, 0.25) is 0 Å². The molecule has 1 heterocycles. The number of para-hydroxylation sites is 1. The lowest BCUT2D eigenvalue weighted by Crippen LogP contribution is -2.22.